The van der Waals surface area contributed by atoms with Crippen molar-refractivity contribution in [3.8, 4) is 5.75 Å². The van der Waals surface area contributed by atoms with Crippen molar-refractivity contribution < 1.29 is 14.3 Å². The van der Waals surface area contributed by atoms with Crippen LogP contribution in [0.1, 0.15) is 61.0 Å². The van der Waals surface area contributed by atoms with Crippen LogP contribution in [0.15, 0.2) is 41.2 Å². The molecule has 35 heavy (non-hydrogen) atoms. The Morgan fingerprint density at radius 1 is 0.914 bits per heavy atom. The van der Waals surface area contributed by atoms with Crippen molar-refractivity contribution in [2.24, 2.45) is 11.3 Å². The van der Waals surface area contributed by atoms with E-state index in [1.807, 2.05) is 34.6 Å². The molecule has 0 bridgehead atoms. The standard InChI is InChI=1S/C27H28Cl2N2O4/c1-15(2)13-35-23-18-10-20(28)21(29)11-19(18)26(34)31(14-27(3,4)5)22(23)12-30-24(32)16-8-6-7-9-17(16)25(30)33/h6-11,15H,12-14H2,1-5H3. The van der Waals surface area contributed by atoms with Crippen LogP contribution in [-0.2, 0) is 13.1 Å². The fourth-order valence-corrected chi connectivity index (χ4v) is 4.53. The lowest BCUT2D eigenvalue weighted by molar-refractivity contribution is 0.0636. The van der Waals surface area contributed by atoms with Gasteiger partial charge < -0.3 is 9.30 Å². The topological polar surface area (TPSA) is 68.6 Å². The summed E-state index contributed by atoms with van der Waals surface area (Å²) in [7, 11) is 0. The van der Waals surface area contributed by atoms with E-state index in [0.29, 0.717) is 46.5 Å². The molecule has 8 heteroatoms. The lowest BCUT2D eigenvalue weighted by atomic mass is 9.96. The first-order valence-corrected chi connectivity index (χ1v) is 12.3. The van der Waals surface area contributed by atoms with E-state index in [1.54, 1.807) is 41.0 Å². The van der Waals surface area contributed by atoms with Crippen LogP contribution in [0.25, 0.3) is 10.8 Å². The first-order valence-electron chi connectivity index (χ1n) is 11.5. The van der Waals surface area contributed by atoms with Crippen molar-refractivity contribution in [3.63, 3.8) is 0 Å². The Morgan fingerprint density at radius 2 is 1.46 bits per heavy atom. The monoisotopic (exact) mass is 514 g/mol. The number of fused-ring (bicyclic) bond motifs is 2. The number of amides is 2. The normalized spacial score (nSPS) is 13.8. The number of benzene rings is 2. The molecular formula is C27H28Cl2N2O4. The van der Waals surface area contributed by atoms with Crippen LogP contribution in [0.2, 0.25) is 10.0 Å². The van der Waals surface area contributed by atoms with Gasteiger partial charge in [0.05, 0.1) is 45.4 Å². The van der Waals surface area contributed by atoms with Gasteiger partial charge in [-0.3, -0.25) is 19.3 Å². The maximum atomic E-state index is 13.8. The second kappa shape index (κ2) is 9.32. The highest BCUT2D eigenvalue weighted by Crippen LogP contribution is 2.36. The highest BCUT2D eigenvalue weighted by atomic mass is 35.5. The van der Waals surface area contributed by atoms with Crippen LogP contribution in [0.4, 0.5) is 0 Å². The minimum atomic E-state index is -0.399. The highest BCUT2D eigenvalue weighted by molar-refractivity contribution is 6.42. The third-order valence-corrected chi connectivity index (χ3v) is 6.47. The van der Waals surface area contributed by atoms with E-state index in [4.69, 9.17) is 27.9 Å². The van der Waals surface area contributed by atoms with Crippen molar-refractivity contribution in [2.45, 2.75) is 47.7 Å². The predicted molar refractivity (Wildman–Crippen MR) is 139 cm³/mol. The van der Waals surface area contributed by atoms with Gasteiger partial charge in [-0.1, -0.05) is 70.0 Å². The van der Waals surface area contributed by atoms with E-state index in [9.17, 15) is 14.4 Å². The molecule has 2 heterocycles. The Labute approximate surface area is 214 Å². The molecular weight excluding hydrogens is 487 g/mol. The van der Waals surface area contributed by atoms with Gasteiger partial charge in [0.25, 0.3) is 17.4 Å². The number of pyridine rings is 1. The average molecular weight is 515 g/mol. The Kier molecular flexibility index (Phi) is 6.73. The zero-order valence-electron chi connectivity index (χ0n) is 20.4. The summed E-state index contributed by atoms with van der Waals surface area (Å²) in [6.07, 6.45) is 0. The number of imide groups is 1. The molecule has 0 spiro atoms. The summed E-state index contributed by atoms with van der Waals surface area (Å²) in [5, 5.41) is 1.42. The number of hydrogen-bond acceptors (Lipinski definition) is 4. The smallest absolute Gasteiger partial charge is 0.261 e. The summed E-state index contributed by atoms with van der Waals surface area (Å²) in [5.74, 6) is -0.176. The van der Waals surface area contributed by atoms with Crippen LogP contribution in [-0.4, -0.2) is 27.9 Å². The summed E-state index contributed by atoms with van der Waals surface area (Å²) in [4.78, 5) is 41.3. The van der Waals surface area contributed by atoms with Crippen LogP contribution in [0.5, 0.6) is 5.75 Å². The largest absolute Gasteiger partial charge is 0.491 e. The molecule has 0 N–H and O–H groups in total. The molecule has 2 amide bonds. The number of aromatic nitrogens is 1. The third kappa shape index (κ3) is 4.82. The summed E-state index contributed by atoms with van der Waals surface area (Å²) >= 11 is 12.6. The van der Waals surface area contributed by atoms with Crippen molar-refractivity contribution in [1.82, 2.24) is 9.47 Å². The van der Waals surface area contributed by atoms with Gasteiger partial charge in [0.15, 0.2) is 0 Å². The first-order chi connectivity index (χ1) is 16.4. The van der Waals surface area contributed by atoms with Crippen LogP contribution in [0.3, 0.4) is 0 Å². The molecule has 1 aliphatic heterocycles. The second-order valence-corrected chi connectivity index (χ2v) is 11.3. The molecule has 6 nitrogen and oxygen atoms in total. The molecule has 0 aliphatic carbocycles. The molecule has 0 radical (unpaired) electrons. The second-order valence-electron chi connectivity index (χ2n) is 10.5. The lowest BCUT2D eigenvalue weighted by Gasteiger charge is -2.27. The number of ether oxygens (including phenoxy) is 1. The van der Waals surface area contributed by atoms with Gasteiger partial charge in [-0.25, -0.2) is 0 Å². The van der Waals surface area contributed by atoms with E-state index in [2.05, 4.69) is 0 Å². The van der Waals surface area contributed by atoms with Gasteiger partial charge in [0, 0.05) is 11.9 Å². The maximum Gasteiger partial charge on any atom is 0.261 e. The molecule has 0 unspecified atom stereocenters. The van der Waals surface area contributed by atoms with Crippen LogP contribution in [0, 0.1) is 11.3 Å². The Hall–Kier alpha value is -2.83. The number of rotatable bonds is 6. The molecule has 0 atom stereocenters. The van der Waals surface area contributed by atoms with E-state index in [-0.39, 0.29) is 33.5 Å². The molecule has 1 aromatic heterocycles. The summed E-state index contributed by atoms with van der Waals surface area (Å²) < 4.78 is 7.87. The predicted octanol–water partition coefficient (Wildman–Crippen LogP) is 6.19. The van der Waals surface area contributed by atoms with Gasteiger partial charge in [0.1, 0.15) is 5.75 Å². The molecule has 0 saturated heterocycles. The highest BCUT2D eigenvalue weighted by Gasteiger charge is 2.37. The van der Waals surface area contributed by atoms with Gasteiger partial charge >= 0.3 is 0 Å². The van der Waals surface area contributed by atoms with E-state index >= 15 is 0 Å². The maximum absolute atomic E-state index is 13.8. The van der Waals surface area contributed by atoms with Crippen molar-refractivity contribution in [2.75, 3.05) is 6.61 Å². The molecule has 0 saturated carbocycles. The number of hydrogen-bond donors (Lipinski definition) is 0. The number of nitrogens with zero attached hydrogens (tertiary/aromatic N) is 2. The Bertz CT molecular complexity index is 1370. The summed E-state index contributed by atoms with van der Waals surface area (Å²) in [6, 6.07) is 9.88. The number of carbonyl (C=O) groups excluding carboxylic acids is 2. The van der Waals surface area contributed by atoms with Gasteiger partial charge in [-0.05, 0) is 35.6 Å². The van der Waals surface area contributed by atoms with Gasteiger partial charge in [-0.2, -0.15) is 0 Å². The molecule has 0 fully saturated rings. The van der Waals surface area contributed by atoms with E-state index in [0.717, 1.165) is 0 Å². The molecule has 3 aromatic rings. The van der Waals surface area contributed by atoms with Crippen LogP contribution < -0.4 is 10.3 Å². The molecule has 1 aliphatic rings. The minimum Gasteiger partial charge on any atom is -0.491 e. The van der Waals surface area contributed by atoms with Crippen molar-refractivity contribution >= 4 is 45.8 Å². The summed E-state index contributed by atoms with van der Waals surface area (Å²) in [5.41, 5.74) is 0.590. The van der Waals surface area contributed by atoms with Gasteiger partial charge in [-0.15, -0.1) is 0 Å². The SMILES string of the molecule is CC(C)COc1c(CN2C(=O)c3ccccc3C2=O)n(CC(C)(C)C)c(=O)c2cc(Cl)c(Cl)cc12. The fraction of sp³-hybridized carbons (Fsp3) is 0.370. The summed E-state index contributed by atoms with van der Waals surface area (Å²) in [6.45, 7) is 10.7. The van der Waals surface area contributed by atoms with E-state index in [1.165, 1.54) is 4.90 Å². The molecule has 2 aromatic carbocycles. The Morgan fingerprint density at radius 3 is 1.97 bits per heavy atom. The number of carbonyl (C=O) groups is 2. The zero-order valence-corrected chi connectivity index (χ0v) is 22.0. The fourth-order valence-electron chi connectivity index (χ4n) is 4.20. The molecule has 184 valence electrons. The average Bonchev–Trinajstić information content (AvgIpc) is 3.01. The van der Waals surface area contributed by atoms with Crippen molar-refractivity contribution in [3.05, 3.63) is 73.6 Å². The quantitative estimate of drug-likeness (QED) is 0.368. The van der Waals surface area contributed by atoms with Crippen LogP contribution >= 0.6 is 23.2 Å². The zero-order chi connectivity index (χ0) is 25.7. The molecule has 4 rings (SSSR count). The Balaban J connectivity index is 1.98. The van der Waals surface area contributed by atoms with Gasteiger partial charge in [0.2, 0.25) is 0 Å². The minimum absolute atomic E-state index is 0.110. The van der Waals surface area contributed by atoms with Crippen molar-refractivity contribution in [1.29, 1.82) is 0 Å². The lowest BCUT2D eigenvalue weighted by Crippen LogP contribution is -2.36. The third-order valence-electron chi connectivity index (χ3n) is 5.75. The number of halogens is 2. The van der Waals surface area contributed by atoms with E-state index < -0.39 is 11.8 Å². The first kappa shape index (κ1) is 25.3.